The second-order valence-electron chi connectivity index (χ2n) is 5.43. The first-order valence-corrected chi connectivity index (χ1v) is 7.93. The predicted molar refractivity (Wildman–Crippen MR) is 88.1 cm³/mol. The van der Waals surface area contributed by atoms with E-state index in [2.05, 4.69) is 60.9 Å². The molecule has 120 valence electrons. The van der Waals surface area contributed by atoms with E-state index in [0.717, 1.165) is 37.8 Å². The molecule has 2 aromatic rings. The van der Waals surface area contributed by atoms with Crippen LogP contribution < -0.4 is 4.74 Å². The van der Waals surface area contributed by atoms with Crippen LogP contribution in [0.4, 0.5) is 0 Å². The van der Waals surface area contributed by atoms with Crippen LogP contribution in [0.2, 0.25) is 0 Å². The average molecular weight is 302 g/mol. The van der Waals surface area contributed by atoms with E-state index >= 15 is 0 Å². The van der Waals surface area contributed by atoms with E-state index in [1.54, 1.807) is 6.33 Å². The highest BCUT2D eigenvalue weighted by Crippen LogP contribution is 2.22. The molecule has 5 nitrogen and oxygen atoms in total. The normalized spacial score (nSPS) is 11.1. The summed E-state index contributed by atoms with van der Waals surface area (Å²) >= 11 is 0. The molecule has 0 N–H and O–H groups in total. The quantitative estimate of drug-likeness (QED) is 0.752. The van der Waals surface area contributed by atoms with Gasteiger partial charge >= 0.3 is 0 Å². The zero-order valence-electron chi connectivity index (χ0n) is 14.0. The Labute approximate surface area is 132 Å². The minimum absolute atomic E-state index is 0.680. The number of aromatic nitrogens is 3. The van der Waals surface area contributed by atoms with Gasteiger partial charge in [0, 0.05) is 13.1 Å². The lowest BCUT2D eigenvalue weighted by molar-refractivity contribution is 0.203. The Morgan fingerprint density at radius 2 is 1.91 bits per heavy atom. The first-order valence-electron chi connectivity index (χ1n) is 7.93. The van der Waals surface area contributed by atoms with E-state index in [0.29, 0.717) is 6.61 Å². The van der Waals surface area contributed by atoms with Gasteiger partial charge in [0.25, 0.3) is 0 Å². The molecule has 0 fully saturated rings. The molecule has 0 aliphatic rings. The van der Waals surface area contributed by atoms with E-state index in [4.69, 9.17) is 4.74 Å². The molecule has 0 amide bonds. The predicted octanol–water partition coefficient (Wildman–Crippen LogP) is 2.82. The van der Waals surface area contributed by atoms with Crippen molar-refractivity contribution in [3.05, 3.63) is 41.5 Å². The molecule has 0 saturated heterocycles. The third kappa shape index (κ3) is 4.07. The molecule has 1 aromatic carbocycles. The van der Waals surface area contributed by atoms with Gasteiger partial charge in [0.15, 0.2) is 0 Å². The maximum atomic E-state index is 5.99. The van der Waals surface area contributed by atoms with Gasteiger partial charge in [-0.1, -0.05) is 25.1 Å². The Morgan fingerprint density at radius 1 is 1.18 bits per heavy atom. The minimum atomic E-state index is 0.680. The minimum Gasteiger partial charge on any atom is -0.492 e. The Morgan fingerprint density at radius 3 is 2.55 bits per heavy atom. The van der Waals surface area contributed by atoms with Crippen molar-refractivity contribution in [3.8, 4) is 5.75 Å². The van der Waals surface area contributed by atoms with Gasteiger partial charge in [-0.3, -0.25) is 4.90 Å². The summed E-state index contributed by atoms with van der Waals surface area (Å²) in [5.74, 6) is 2.02. The molecular formula is C17H26N4O. The number of likely N-dealkylation sites (N-methyl/N-ethyl adjacent to an activating group) is 1. The van der Waals surface area contributed by atoms with E-state index in [1.165, 1.54) is 11.1 Å². The maximum Gasteiger partial charge on any atom is 0.140 e. The van der Waals surface area contributed by atoms with Crippen molar-refractivity contribution in [2.24, 2.45) is 0 Å². The summed E-state index contributed by atoms with van der Waals surface area (Å²) in [6, 6.07) is 6.24. The van der Waals surface area contributed by atoms with E-state index in [1.807, 2.05) is 4.68 Å². The van der Waals surface area contributed by atoms with Crippen molar-refractivity contribution in [3.63, 3.8) is 0 Å². The molecule has 0 aliphatic heterocycles. The number of para-hydroxylation sites is 1. The highest BCUT2D eigenvalue weighted by molar-refractivity contribution is 5.39. The summed E-state index contributed by atoms with van der Waals surface area (Å²) in [5, 5.41) is 4.22. The van der Waals surface area contributed by atoms with Gasteiger partial charge in [-0.05, 0) is 38.4 Å². The molecule has 1 aromatic heterocycles. The molecule has 0 unspecified atom stereocenters. The monoisotopic (exact) mass is 302 g/mol. The topological polar surface area (TPSA) is 43.2 Å². The molecule has 0 aliphatic carbocycles. The Kier molecular flexibility index (Phi) is 5.95. The Balaban J connectivity index is 1.89. The van der Waals surface area contributed by atoms with Crippen molar-refractivity contribution in [1.29, 1.82) is 0 Å². The molecule has 0 radical (unpaired) electrons. The van der Waals surface area contributed by atoms with Gasteiger partial charge in [0.1, 0.15) is 24.5 Å². The third-order valence-corrected chi connectivity index (χ3v) is 3.87. The van der Waals surface area contributed by atoms with Crippen molar-refractivity contribution in [2.45, 2.75) is 40.8 Å². The van der Waals surface area contributed by atoms with Crippen LogP contribution in [0.5, 0.6) is 5.75 Å². The summed E-state index contributed by atoms with van der Waals surface area (Å²) in [7, 11) is 0. The van der Waals surface area contributed by atoms with Crippen LogP contribution in [0, 0.1) is 13.8 Å². The van der Waals surface area contributed by atoms with Gasteiger partial charge in [0.05, 0.1) is 6.54 Å². The summed E-state index contributed by atoms with van der Waals surface area (Å²) in [6.45, 7) is 12.6. The number of ether oxygens (including phenoxy) is 1. The summed E-state index contributed by atoms with van der Waals surface area (Å²) < 4.78 is 7.93. The van der Waals surface area contributed by atoms with Gasteiger partial charge in [-0.25, -0.2) is 9.67 Å². The first kappa shape index (κ1) is 16.5. The van der Waals surface area contributed by atoms with Crippen molar-refractivity contribution in [1.82, 2.24) is 19.7 Å². The molecule has 0 bridgehead atoms. The van der Waals surface area contributed by atoms with Crippen LogP contribution in [0.25, 0.3) is 0 Å². The fraction of sp³-hybridized carbons (Fsp3) is 0.529. The highest BCUT2D eigenvalue weighted by atomic mass is 16.5. The van der Waals surface area contributed by atoms with Crippen LogP contribution in [0.15, 0.2) is 24.5 Å². The standard InChI is InChI=1S/C17H26N4O/c1-5-20(12-16-18-13-19-21(16)6-2)10-11-22-17-14(3)8-7-9-15(17)4/h7-9,13H,5-6,10-12H2,1-4H3. The van der Waals surface area contributed by atoms with Gasteiger partial charge in [-0.15, -0.1) is 0 Å². The average Bonchev–Trinajstić information content (AvgIpc) is 2.96. The lowest BCUT2D eigenvalue weighted by Gasteiger charge is -2.21. The number of aryl methyl sites for hydroxylation is 3. The van der Waals surface area contributed by atoms with Gasteiger partial charge in [-0.2, -0.15) is 5.10 Å². The number of rotatable bonds is 8. The second kappa shape index (κ2) is 7.94. The van der Waals surface area contributed by atoms with E-state index in [-0.39, 0.29) is 0 Å². The Bertz CT molecular complexity index is 574. The third-order valence-electron chi connectivity index (χ3n) is 3.87. The number of hydrogen-bond acceptors (Lipinski definition) is 4. The maximum absolute atomic E-state index is 5.99. The highest BCUT2D eigenvalue weighted by Gasteiger charge is 2.10. The molecule has 5 heteroatoms. The molecule has 0 atom stereocenters. The number of nitrogens with zero attached hydrogens (tertiary/aromatic N) is 4. The van der Waals surface area contributed by atoms with Gasteiger partial charge in [0.2, 0.25) is 0 Å². The molecule has 22 heavy (non-hydrogen) atoms. The summed E-state index contributed by atoms with van der Waals surface area (Å²) in [6.07, 6.45) is 1.62. The smallest absolute Gasteiger partial charge is 0.140 e. The SMILES string of the molecule is CCN(CCOc1c(C)cccc1C)Cc1ncnn1CC. The van der Waals surface area contributed by atoms with Crippen molar-refractivity contribution in [2.75, 3.05) is 19.7 Å². The largest absolute Gasteiger partial charge is 0.492 e. The van der Waals surface area contributed by atoms with Crippen LogP contribution in [0.1, 0.15) is 30.8 Å². The first-order chi connectivity index (χ1) is 10.7. The summed E-state index contributed by atoms with van der Waals surface area (Å²) in [4.78, 5) is 6.66. The van der Waals surface area contributed by atoms with Crippen LogP contribution in [-0.4, -0.2) is 39.4 Å². The van der Waals surface area contributed by atoms with E-state index < -0.39 is 0 Å². The van der Waals surface area contributed by atoms with Crippen LogP contribution in [-0.2, 0) is 13.1 Å². The lowest BCUT2D eigenvalue weighted by atomic mass is 10.1. The zero-order chi connectivity index (χ0) is 15.9. The fourth-order valence-electron chi connectivity index (χ4n) is 2.53. The van der Waals surface area contributed by atoms with Crippen molar-refractivity contribution < 1.29 is 4.74 Å². The second-order valence-corrected chi connectivity index (χ2v) is 5.43. The fourth-order valence-corrected chi connectivity index (χ4v) is 2.53. The Hall–Kier alpha value is -1.88. The number of hydrogen-bond donors (Lipinski definition) is 0. The molecule has 0 spiro atoms. The van der Waals surface area contributed by atoms with Crippen LogP contribution in [0.3, 0.4) is 0 Å². The molecule has 1 heterocycles. The molecule has 0 saturated carbocycles. The molecule has 2 rings (SSSR count). The van der Waals surface area contributed by atoms with Crippen molar-refractivity contribution >= 4 is 0 Å². The van der Waals surface area contributed by atoms with E-state index in [9.17, 15) is 0 Å². The summed E-state index contributed by atoms with van der Waals surface area (Å²) in [5.41, 5.74) is 2.38. The van der Waals surface area contributed by atoms with Crippen LogP contribution >= 0.6 is 0 Å². The molecular weight excluding hydrogens is 276 g/mol. The van der Waals surface area contributed by atoms with Gasteiger partial charge < -0.3 is 4.74 Å². The number of benzene rings is 1. The zero-order valence-corrected chi connectivity index (χ0v) is 14.0. The lowest BCUT2D eigenvalue weighted by Crippen LogP contribution is -2.29.